The standard InChI is InChI=1S/C19H26FO8PS/c1-4-24-29(23,25-5-2)15(30)11-14-16(20)17(19(27-14)26-12(3)21)28-18(22)13-9-7-6-8-10-13/h6-10,14-17,19,30H,4-5,11H2,1-3H3/t14-,15?,16-,17-,19-/m1/s1. The second kappa shape index (κ2) is 11.2. The highest BCUT2D eigenvalue weighted by Gasteiger charge is 2.51. The van der Waals surface area contributed by atoms with E-state index in [9.17, 15) is 14.2 Å². The molecule has 0 saturated carbocycles. The molecule has 0 aliphatic carbocycles. The first-order chi connectivity index (χ1) is 14.2. The van der Waals surface area contributed by atoms with Crippen LogP contribution in [0.25, 0.3) is 0 Å². The van der Waals surface area contributed by atoms with Crippen LogP contribution in [0.2, 0.25) is 0 Å². The third-order valence-electron chi connectivity index (χ3n) is 4.21. The van der Waals surface area contributed by atoms with Gasteiger partial charge in [-0.15, -0.1) is 0 Å². The Labute approximate surface area is 180 Å². The summed E-state index contributed by atoms with van der Waals surface area (Å²) in [5.41, 5.74) is 0.207. The molecule has 168 valence electrons. The van der Waals surface area contributed by atoms with Crippen molar-refractivity contribution in [3.63, 3.8) is 0 Å². The van der Waals surface area contributed by atoms with Crippen LogP contribution in [0.1, 0.15) is 37.6 Å². The average Bonchev–Trinajstić information content (AvgIpc) is 2.97. The molecule has 1 heterocycles. The van der Waals surface area contributed by atoms with Crippen LogP contribution in [-0.4, -0.2) is 54.8 Å². The zero-order valence-corrected chi connectivity index (χ0v) is 18.7. The summed E-state index contributed by atoms with van der Waals surface area (Å²) >= 11 is 4.28. The Morgan fingerprint density at radius 2 is 1.77 bits per heavy atom. The van der Waals surface area contributed by atoms with Gasteiger partial charge in [0, 0.05) is 6.92 Å². The van der Waals surface area contributed by atoms with Crippen LogP contribution >= 0.6 is 20.2 Å². The zero-order valence-electron chi connectivity index (χ0n) is 16.9. The second-order valence-electron chi connectivity index (χ2n) is 6.42. The third-order valence-corrected chi connectivity index (χ3v) is 7.44. The lowest BCUT2D eigenvalue weighted by Crippen LogP contribution is -2.36. The van der Waals surface area contributed by atoms with E-state index in [1.165, 1.54) is 12.1 Å². The minimum absolute atomic E-state index is 0.117. The highest BCUT2D eigenvalue weighted by molar-refractivity contribution is 7.89. The van der Waals surface area contributed by atoms with Gasteiger partial charge in [-0.1, -0.05) is 18.2 Å². The molecular formula is C19H26FO8PS. The van der Waals surface area contributed by atoms with Crippen molar-refractivity contribution in [3.8, 4) is 0 Å². The highest BCUT2D eigenvalue weighted by atomic mass is 32.1. The number of carbonyl (C=O) groups excluding carboxylic acids is 2. The summed E-state index contributed by atoms with van der Waals surface area (Å²) in [4.78, 5) is 22.8. The molecule has 5 atom stereocenters. The van der Waals surface area contributed by atoms with Gasteiger partial charge in [0.1, 0.15) is 4.99 Å². The van der Waals surface area contributed by atoms with E-state index < -0.39 is 49.2 Å². The van der Waals surface area contributed by atoms with E-state index in [0.29, 0.717) is 0 Å². The minimum atomic E-state index is -3.63. The summed E-state index contributed by atoms with van der Waals surface area (Å²) in [7, 11) is -3.63. The zero-order chi connectivity index (χ0) is 22.3. The summed E-state index contributed by atoms with van der Waals surface area (Å²) in [6, 6.07) is 7.99. The van der Waals surface area contributed by atoms with Crippen LogP contribution in [0.5, 0.6) is 0 Å². The first-order valence-electron chi connectivity index (χ1n) is 9.51. The van der Waals surface area contributed by atoms with Gasteiger partial charge in [-0.25, -0.2) is 9.18 Å². The maximum Gasteiger partial charge on any atom is 0.343 e. The molecule has 0 N–H and O–H groups in total. The summed E-state index contributed by atoms with van der Waals surface area (Å²) in [6.07, 6.45) is -6.19. The molecule has 30 heavy (non-hydrogen) atoms. The van der Waals surface area contributed by atoms with Crippen LogP contribution in [0.4, 0.5) is 4.39 Å². The van der Waals surface area contributed by atoms with Gasteiger partial charge in [0.2, 0.25) is 6.29 Å². The maximum atomic E-state index is 15.2. The van der Waals surface area contributed by atoms with Crippen LogP contribution in [0.15, 0.2) is 30.3 Å². The van der Waals surface area contributed by atoms with Crippen molar-refractivity contribution in [2.45, 2.75) is 56.9 Å². The van der Waals surface area contributed by atoms with Gasteiger partial charge in [0.25, 0.3) is 0 Å². The molecule has 0 amide bonds. The molecule has 0 aromatic heterocycles. The monoisotopic (exact) mass is 464 g/mol. The Balaban J connectivity index is 2.15. The number of thiol groups is 1. The van der Waals surface area contributed by atoms with Crippen LogP contribution in [-0.2, 0) is 32.6 Å². The number of ether oxygens (including phenoxy) is 3. The van der Waals surface area contributed by atoms with Crippen LogP contribution < -0.4 is 0 Å². The minimum Gasteiger partial charge on any atom is -0.449 e. The van der Waals surface area contributed by atoms with Gasteiger partial charge in [0.05, 0.1) is 24.9 Å². The van der Waals surface area contributed by atoms with E-state index in [4.69, 9.17) is 23.3 Å². The molecule has 2 rings (SSSR count). The molecule has 0 spiro atoms. The number of benzene rings is 1. The lowest BCUT2D eigenvalue weighted by atomic mass is 10.1. The number of esters is 2. The number of alkyl halides is 1. The molecule has 1 aromatic rings. The number of hydrogen-bond acceptors (Lipinski definition) is 9. The van der Waals surface area contributed by atoms with Crippen molar-refractivity contribution < 1.29 is 41.8 Å². The molecule has 1 aliphatic rings. The molecule has 1 aliphatic heterocycles. The highest BCUT2D eigenvalue weighted by Crippen LogP contribution is 2.56. The van der Waals surface area contributed by atoms with Gasteiger partial charge in [-0.2, -0.15) is 12.6 Å². The van der Waals surface area contributed by atoms with Crippen LogP contribution in [0, 0.1) is 0 Å². The number of rotatable bonds is 10. The summed E-state index contributed by atoms with van der Waals surface area (Å²) < 4.78 is 54.2. The molecule has 1 aromatic carbocycles. The van der Waals surface area contributed by atoms with Crippen molar-refractivity contribution in [2.75, 3.05) is 13.2 Å². The molecular weight excluding hydrogens is 438 g/mol. The fourth-order valence-electron chi connectivity index (χ4n) is 2.92. The maximum absolute atomic E-state index is 15.2. The first kappa shape index (κ1) is 24.8. The topological polar surface area (TPSA) is 97.4 Å². The second-order valence-corrected chi connectivity index (χ2v) is 9.67. The van der Waals surface area contributed by atoms with Crippen molar-refractivity contribution in [1.29, 1.82) is 0 Å². The summed E-state index contributed by atoms with van der Waals surface area (Å²) in [5, 5.41) is 0. The van der Waals surface area contributed by atoms with E-state index in [2.05, 4.69) is 12.6 Å². The molecule has 0 radical (unpaired) electrons. The molecule has 1 fully saturated rings. The largest absolute Gasteiger partial charge is 0.449 e. The van der Waals surface area contributed by atoms with Crippen molar-refractivity contribution in [3.05, 3.63) is 35.9 Å². The lowest BCUT2D eigenvalue weighted by Gasteiger charge is -2.25. The van der Waals surface area contributed by atoms with E-state index in [-0.39, 0.29) is 25.2 Å². The number of halogens is 1. The predicted molar refractivity (Wildman–Crippen MR) is 109 cm³/mol. The molecule has 1 saturated heterocycles. The van der Waals surface area contributed by atoms with Gasteiger partial charge in [0.15, 0.2) is 12.3 Å². The predicted octanol–water partition coefficient (Wildman–Crippen LogP) is 3.75. The van der Waals surface area contributed by atoms with Crippen LogP contribution in [0.3, 0.4) is 0 Å². The Kier molecular flexibility index (Phi) is 9.31. The Morgan fingerprint density at radius 1 is 1.17 bits per heavy atom. The molecule has 8 nitrogen and oxygen atoms in total. The van der Waals surface area contributed by atoms with Gasteiger partial charge < -0.3 is 23.3 Å². The molecule has 1 unspecified atom stereocenters. The quantitative estimate of drug-likeness (QED) is 0.318. The van der Waals surface area contributed by atoms with E-state index in [0.717, 1.165) is 6.92 Å². The average molecular weight is 464 g/mol. The third kappa shape index (κ3) is 6.28. The Bertz CT molecular complexity index is 754. The molecule has 0 bridgehead atoms. The van der Waals surface area contributed by atoms with E-state index in [1.807, 2.05) is 0 Å². The SMILES string of the molecule is CCOP(=O)(OCC)C(S)C[C@H]1O[C@@H](OC(C)=O)[C@H](OC(=O)c2ccccc2)[C@@H]1F. The van der Waals surface area contributed by atoms with Crippen molar-refractivity contribution in [2.24, 2.45) is 0 Å². The van der Waals surface area contributed by atoms with Gasteiger partial charge >= 0.3 is 19.5 Å². The Hall–Kier alpha value is -1.45. The van der Waals surface area contributed by atoms with Crippen molar-refractivity contribution in [1.82, 2.24) is 0 Å². The van der Waals surface area contributed by atoms with E-state index in [1.54, 1.807) is 32.0 Å². The lowest BCUT2D eigenvalue weighted by molar-refractivity contribution is -0.186. The smallest absolute Gasteiger partial charge is 0.343 e. The normalized spacial score (nSPS) is 25.0. The summed E-state index contributed by atoms with van der Waals surface area (Å²) in [5.74, 6) is -1.52. The number of carbonyl (C=O) groups is 2. The molecule has 11 heteroatoms. The van der Waals surface area contributed by atoms with Crippen molar-refractivity contribution >= 4 is 32.2 Å². The first-order valence-corrected chi connectivity index (χ1v) is 11.6. The summed E-state index contributed by atoms with van der Waals surface area (Å²) in [6.45, 7) is 4.65. The number of hydrogen-bond donors (Lipinski definition) is 1. The van der Waals surface area contributed by atoms with Gasteiger partial charge in [-0.05, 0) is 32.4 Å². The van der Waals surface area contributed by atoms with E-state index >= 15 is 4.39 Å². The fourth-order valence-corrected chi connectivity index (χ4v) is 5.14. The Morgan fingerprint density at radius 3 is 2.30 bits per heavy atom. The fraction of sp³-hybridized carbons (Fsp3) is 0.579. The van der Waals surface area contributed by atoms with Gasteiger partial charge in [-0.3, -0.25) is 9.36 Å².